The summed E-state index contributed by atoms with van der Waals surface area (Å²) in [4.78, 5) is 0. The van der Waals surface area contributed by atoms with Crippen LogP contribution in [0.2, 0.25) is 0 Å². The second kappa shape index (κ2) is 4.04. The van der Waals surface area contributed by atoms with Crippen molar-refractivity contribution in [2.24, 2.45) is 5.92 Å². The number of nitrogens with zero attached hydrogens (tertiary/aromatic N) is 3. The third-order valence-corrected chi connectivity index (χ3v) is 2.83. The quantitative estimate of drug-likeness (QED) is 0.834. The molecule has 16 heavy (non-hydrogen) atoms. The molecule has 1 atom stereocenters. The number of hydrogen-bond donors (Lipinski definition) is 1. The molecule has 0 aromatic carbocycles. The van der Waals surface area contributed by atoms with Crippen LogP contribution in [0.1, 0.15) is 18.1 Å². The van der Waals surface area contributed by atoms with Gasteiger partial charge in [-0.2, -0.15) is 13.2 Å². The molecule has 1 N–H and O–H groups in total. The van der Waals surface area contributed by atoms with Crippen molar-refractivity contribution >= 4 is 0 Å². The molecule has 0 radical (unpaired) electrons. The van der Waals surface area contributed by atoms with E-state index in [1.54, 1.807) is 11.6 Å². The average Bonchev–Trinajstić information content (AvgIpc) is 2.60. The Hall–Kier alpha value is -1.11. The minimum absolute atomic E-state index is 0.0553. The number of hydrogen-bond acceptors (Lipinski definition) is 3. The molecule has 1 aliphatic rings. The lowest BCUT2D eigenvalue weighted by atomic mass is 9.97. The molecule has 2 heterocycles. The van der Waals surface area contributed by atoms with E-state index < -0.39 is 12.1 Å². The van der Waals surface area contributed by atoms with Gasteiger partial charge in [0.15, 0.2) is 0 Å². The van der Waals surface area contributed by atoms with Gasteiger partial charge < -0.3 is 9.88 Å². The molecule has 1 aromatic heterocycles. The molecule has 0 unspecified atom stereocenters. The van der Waals surface area contributed by atoms with Gasteiger partial charge >= 0.3 is 6.18 Å². The Bertz CT molecular complexity index is 371. The zero-order valence-corrected chi connectivity index (χ0v) is 8.88. The first-order valence-electron chi connectivity index (χ1n) is 5.14. The summed E-state index contributed by atoms with van der Waals surface area (Å²) in [6.45, 7) is 0.882. The van der Waals surface area contributed by atoms with Crippen molar-refractivity contribution in [2.45, 2.75) is 32.1 Å². The van der Waals surface area contributed by atoms with Crippen molar-refractivity contribution in [1.29, 1.82) is 0 Å². The van der Waals surface area contributed by atoms with Gasteiger partial charge in [-0.15, -0.1) is 10.2 Å². The van der Waals surface area contributed by atoms with Crippen LogP contribution in [0, 0.1) is 5.92 Å². The summed E-state index contributed by atoms with van der Waals surface area (Å²) in [6, 6.07) is 0. The average molecular weight is 234 g/mol. The molecule has 0 spiro atoms. The maximum atomic E-state index is 12.5. The molecule has 0 amide bonds. The van der Waals surface area contributed by atoms with Gasteiger partial charge in [-0.1, -0.05) is 0 Å². The van der Waals surface area contributed by atoms with Gasteiger partial charge in [-0.3, -0.25) is 0 Å². The number of rotatable bonds is 2. The third kappa shape index (κ3) is 2.04. The Kier molecular flexibility index (Phi) is 2.88. The predicted molar refractivity (Wildman–Crippen MR) is 50.7 cm³/mol. The van der Waals surface area contributed by atoms with Gasteiger partial charge in [0, 0.05) is 13.0 Å². The Morgan fingerprint density at radius 3 is 2.81 bits per heavy atom. The first kappa shape index (κ1) is 11.4. The van der Waals surface area contributed by atoms with Crippen LogP contribution in [0.25, 0.3) is 0 Å². The van der Waals surface area contributed by atoms with E-state index in [-0.39, 0.29) is 12.8 Å². The van der Waals surface area contributed by atoms with E-state index in [4.69, 9.17) is 0 Å². The van der Waals surface area contributed by atoms with Gasteiger partial charge in [0.1, 0.15) is 11.6 Å². The van der Waals surface area contributed by atoms with Crippen molar-refractivity contribution in [3.05, 3.63) is 11.6 Å². The van der Waals surface area contributed by atoms with Crippen LogP contribution >= 0.6 is 0 Å². The van der Waals surface area contributed by atoms with Crippen molar-refractivity contribution in [1.82, 2.24) is 20.1 Å². The number of fused-ring (bicyclic) bond motifs is 1. The SMILES string of the molecule is CNCc1nnc2n1CC[C@H](C(F)(F)F)C2. The lowest BCUT2D eigenvalue weighted by Crippen LogP contribution is -2.32. The monoisotopic (exact) mass is 234 g/mol. The normalized spacial score (nSPS) is 20.9. The van der Waals surface area contributed by atoms with E-state index in [1.165, 1.54) is 0 Å². The highest BCUT2D eigenvalue weighted by Crippen LogP contribution is 2.34. The van der Waals surface area contributed by atoms with Gasteiger partial charge in [-0.25, -0.2) is 0 Å². The lowest BCUT2D eigenvalue weighted by Gasteiger charge is -2.25. The molecule has 0 saturated carbocycles. The molecule has 0 bridgehead atoms. The smallest absolute Gasteiger partial charge is 0.314 e. The fraction of sp³-hybridized carbons (Fsp3) is 0.778. The standard InChI is InChI=1S/C9H13F3N4/c1-13-5-8-15-14-7-4-6(9(10,11)12)2-3-16(7)8/h6,13H,2-5H2,1H3/t6-/m0/s1. The van der Waals surface area contributed by atoms with Gasteiger partial charge in [0.25, 0.3) is 0 Å². The summed E-state index contributed by atoms with van der Waals surface area (Å²) in [7, 11) is 1.77. The van der Waals surface area contributed by atoms with Crippen molar-refractivity contribution in [3.8, 4) is 0 Å². The van der Waals surface area contributed by atoms with Gasteiger partial charge in [-0.05, 0) is 13.5 Å². The van der Waals surface area contributed by atoms with Crippen molar-refractivity contribution in [2.75, 3.05) is 7.05 Å². The van der Waals surface area contributed by atoms with Crippen LogP contribution in [-0.4, -0.2) is 28.0 Å². The molecular weight excluding hydrogens is 221 g/mol. The van der Waals surface area contributed by atoms with Crippen LogP contribution in [-0.2, 0) is 19.5 Å². The second-order valence-corrected chi connectivity index (χ2v) is 3.95. The van der Waals surface area contributed by atoms with Gasteiger partial charge in [0.2, 0.25) is 0 Å². The minimum atomic E-state index is -4.12. The first-order valence-corrected chi connectivity index (χ1v) is 5.14. The zero-order chi connectivity index (χ0) is 11.8. The summed E-state index contributed by atoms with van der Waals surface area (Å²) < 4.78 is 39.3. The summed E-state index contributed by atoms with van der Waals surface area (Å²) in [5, 5.41) is 10.6. The highest BCUT2D eigenvalue weighted by Gasteiger charge is 2.42. The van der Waals surface area contributed by atoms with Crippen LogP contribution in [0.3, 0.4) is 0 Å². The number of alkyl halides is 3. The van der Waals surface area contributed by atoms with Crippen LogP contribution < -0.4 is 5.32 Å². The number of nitrogens with one attached hydrogen (secondary N) is 1. The molecular formula is C9H13F3N4. The third-order valence-electron chi connectivity index (χ3n) is 2.83. The molecule has 1 aromatic rings. The summed E-state index contributed by atoms with van der Waals surface area (Å²) >= 11 is 0. The topological polar surface area (TPSA) is 42.7 Å². The first-order chi connectivity index (χ1) is 7.52. The van der Waals surface area contributed by atoms with Crippen LogP contribution in [0.15, 0.2) is 0 Å². The van der Waals surface area contributed by atoms with Crippen molar-refractivity contribution < 1.29 is 13.2 Å². The summed E-state index contributed by atoms with van der Waals surface area (Å²) in [5.74, 6) is -0.122. The largest absolute Gasteiger partial charge is 0.392 e. The second-order valence-electron chi connectivity index (χ2n) is 3.95. The Labute approximate surface area is 90.9 Å². The van der Waals surface area contributed by atoms with E-state index in [0.29, 0.717) is 24.7 Å². The van der Waals surface area contributed by atoms with Gasteiger partial charge in [0.05, 0.1) is 12.5 Å². The van der Waals surface area contributed by atoms with E-state index in [0.717, 1.165) is 0 Å². The Morgan fingerprint density at radius 1 is 1.44 bits per heavy atom. The predicted octanol–water partition coefficient (Wildman–Crippen LogP) is 1.12. The number of halogens is 3. The Balaban J connectivity index is 2.17. The van der Waals surface area contributed by atoms with Crippen LogP contribution in [0.4, 0.5) is 13.2 Å². The zero-order valence-electron chi connectivity index (χ0n) is 8.88. The van der Waals surface area contributed by atoms with Crippen LogP contribution in [0.5, 0.6) is 0 Å². The minimum Gasteiger partial charge on any atom is -0.314 e. The molecule has 1 aliphatic heterocycles. The van der Waals surface area contributed by atoms with Crippen molar-refractivity contribution in [3.63, 3.8) is 0 Å². The maximum Gasteiger partial charge on any atom is 0.392 e. The Morgan fingerprint density at radius 2 is 2.19 bits per heavy atom. The lowest BCUT2D eigenvalue weighted by molar-refractivity contribution is -0.179. The van der Waals surface area contributed by atoms with E-state index in [9.17, 15) is 13.2 Å². The fourth-order valence-corrected chi connectivity index (χ4v) is 1.96. The highest BCUT2D eigenvalue weighted by atomic mass is 19.4. The molecule has 0 aliphatic carbocycles. The highest BCUT2D eigenvalue weighted by molar-refractivity contribution is 5.01. The van der Waals surface area contributed by atoms with E-state index >= 15 is 0 Å². The summed E-state index contributed by atoms with van der Waals surface area (Å²) in [5.41, 5.74) is 0. The molecule has 0 saturated heterocycles. The molecule has 7 heteroatoms. The molecule has 0 fully saturated rings. The molecule has 2 rings (SSSR count). The number of aromatic nitrogens is 3. The summed E-state index contributed by atoms with van der Waals surface area (Å²) in [6.07, 6.45) is -4.06. The molecule has 4 nitrogen and oxygen atoms in total. The molecule has 90 valence electrons. The maximum absolute atomic E-state index is 12.5. The fourth-order valence-electron chi connectivity index (χ4n) is 1.96. The van der Waals surface area contributed by atoms with E-state index in [2.05, 4.69) is 15.5 Å². The van der Waals surface area contributed by atoms with E-state index in [1.807, 2.05) is 0 Å².